The first kappa shape index (κ1) is 10.2. The van der Waals surface area contributed by atoms with E-state index in [9.17, 15) is 9.59 Å². The van der Waals surface area contributed by atoms with E-state index in [2.05, 4.69) is 5.32 Å². The SMILES string of the molecule is CCNC(=O)N(N)C(=O)CCl. The highest BCUT2D eigenvalue weighted by Crippen LogP contribution is 1.85. The smallest absolute Gasteiger partial charge is 0.337 e. The maximum absolute atomic E-state index is 10.8. The maximum atomic E-state index is 10.8. The van der Waals surface area contributed by atoms with Gasteiger partial charge in [0.25, 0.3) is 5.91 Å². The van der Waals surface area contributed by atoms with Gasteiger partial charge in [0.05, 0.1) is 0 Å². The molecule has 0 unspecified atom stereocenters. The predicted molar refractivity (Wildman–Crippen MR) is 40.8 cm³/mol. The molecule has 0 aromatic heterocycles. The van der Waals surface area contributed by atoms with Gasteiger partial charge in [-0.3, -0.25) is 4.79 Å². The summed E-state index contributed by atoms with van der Waals surface area (Å²) in [5.41, 5.74) is 0. The summed E-state index contributed by atoms with van der Waals surface area (Å²) in [4.78, 5) is 21.4. The number of hydrogen-bond donors (Lipinski definition) is 2. The van der Waals surface area contributed by atoms with Crippen LogP contribution in [0, 0.1) is 0 Å². The van der Waals surface area contributed by atoms with Crippen molar-refractivity contribution >= 4 is 23.5 Å². The standard InChI is InChI=1S/C5H10ClN3O2/c1-2-8-5(11)9(7)4(10)3-6/h2-3,7H2,1H3,(H,8,11). The van der Waals surface area contributed by atoms with Crippen molar-refractivity contribution in [2.24, 2.45) is 5.84 Å². The fourth-order valence-electron chi connectivity index (χ4n) is 0.414. The summed E-state index contributed by atoms with van der Waals surface area (Å²) in [7, 11) is 0. The number of nitrogens with two attached hydrogens (primary N) is 1. The van der Waals surface area contributed by atoms with Gasteiger partial charge in [-0.15, -0.1) is 11.6 Å². The van der Waals surface area contributed by atoms with Gasteiger partial charge in [-0.25, -0.2) is 10.6 Å². The van der Waals surface area contributed by atoms with E-state index in [1.807, 2.05) is 0 Å². The molecule has 5 nitrogen and oxygen atoms in total. The maximum Gasteiger partial charge on any atom is 0.338 e. The molecule has 0 aliphatic carbocycles. The van der Waals surface area contributed by atoms with Crippen LogP contribution in [0.15, 0.2) is 0 Å². The molecule has 0 bridgehead atoms. The van der Waals surface area contributed by atoms with E-state index in [1.54, 1.807) is 6.92 Å². The Bertz CT molecular complexity index is 162. The molecule has 3 amide bonds. The second kappa shape index (κ2) is 4.92. The van der Waals surface area contributed by atoms with Gasteiger partial charge in [-0.2, -0.15) is 5.01 Å². The van der Waals surface area contributed by atoms with E-state index in [-0.39, 0.29) is 5.88 Å². The lowest BCUT2D eigenvalue weighted by Gasteiger charge is -2.12. The normalized spacial score (nSPS) is 9.00. The summed E-state index contributed by atoms with van der Waals surface area (Å²) in [5, 5.41) is 2.80. The Morgan fingerprint density at radius 3 is 2.55 bits per heavy atom. The third-order valence-corrected chi connectivity index (χ3v) is 1.16. The molecule has 6 heteroatoms. The number of alkyl halides is 1. The van der Waals surface area contributed by atoms with E-state index in [0.29, 0.717) is 11.6 Å². The molecular formula is C5H10ClN3O2. The first-order valence-electron chi connectivity index (χ1n) is 3.05. The van der Waals surface area contributed by atoms with Crippen LogP contribution in [0.3, 0.4) is 0 Å². The number of imide groups is 1. The quantitative estimate of drug-likeness (QED) is 0.264. The summed E-state index contributed by atoms with van der Waals surface area (Å²) in [6.45, 7) is 2.14. The van der Waals surface area contributed by atoms with Crippen LogP contribution in [0.2, 0.25) is 0 Å². The van der Waals surface area contributed by atoms with Gasteiger partial charge in [0.15, 0.2) is 0 Å². The largest absolute Gasteiger partial charge is 0.338 e. The highest BCUT2D eigenvalue weighted by molar-refractivity contribution is 6.28. The number of hydrogen-bond acceptors (Lipinski definition) is 3. The molecule has 0 saturated heterocycles. The molecule has 64 valence electrons. The van der Waals surface area contributed by atoms with Crippen molar-refractivity contribution in [2.45, 2.75) is 6.92 Å². The Morgan fingerprint density at radius 1 is 1.64 bits per heavy atom. The zero-order valence-corrected chi connectivity index (χ0v) is 6.89. The first-order valence-corrected chi connectivity index (χ1v) is 3.58. The second-order valence-electron chi connectivity index (χ2n) is 1.73. The van der Waals surface area contributed by atoms with Gasteiger partial charge in [0.1, 0.15) is 5.88 Å². The second-order valence-corrected chi connectivity index (χ2v) is 2.00. The molecule has 0 heterocycles. The molecule has 0 saturated carbocycles. The van der Waals surface area contributed by atoms with Gasteiger partial charge < -0.3 is 5.32 Å². The van der Waals surface area contributed by atoms with Gasteiger partial charge in [-0.1, -0.05) is 0 Å². The number of hydrazine groups is 1. The third-order valence-electron chi connectivity index (χ3n) is 0.930. The highest BCUT2D eigenvalue weighted by atomic mass is 35.5. The highest BCUT2D eigenvalue weighted by Gasteiger charge is 2.14. The minimum Gasteiger partial charge on any atom is -0.337 e. The lowest BCUT2D eigenvalue weighted by atomic mass is 10.6. The lowest BCUT2D eigenvalue weighted by molar-refractivity contribution is -0.125. The number of carbonyl (C=O) groups excluding carboxylic acids is 2. The number of amides is 3. The van der Waals surface area contributed by atoms with Crippen LogP contribution in [0.1, 0.15) is 6.92 Å². The van der Waals surface area contributed by atoms with Crippen LogP contribution < -0.4 is 11.2 Å². The third kappa shape index (κ3) is 3.20. The fraction of sp³-hybridized carbons (Fsp3) is 0.600. The van der Waals surface area contributed by atoms with Crippen molar-refractivity contribution in [2.75, 3.05) is 12.4 Å². The number of carbonyl (C=O) groups is 2. The Balaban J connectivity index is 3.91. The average Bonchev–Trinajstić information content (AvgIpc) is 2.02. The van der Waals surface area contributed by atoms with Crippen LogP contribution in [0.5, 0.6) is 0 Å². The van der Waals surface area contributed by atoms with Gasteiger partial charge in [-0.05, 0) is 6.92 Å². The molecular weight excluding hydrogens is 170 g/mol. The van der Waals surface area contributed by atoms with E-state index >= 15 is 0 Å². The molecule has 3 N–H and O–H groups in total. The van der Waals surface area contributed by atoms with Crippen LogP contribution in [-0.2, 0) is 4.79 Å². The number of urea groups is 1. The van der Waals surface area contributed by atoms with Crippen LogP contribution in [-0.4, -0.2) is 29.4 Å². The van der Waals surface area contributed by atoms with E-state index in [1.165, 1.54) is 0 Å². The number of halogens is 1. The predicted octanol–water partition coefficient (Wildman–Crippen LogP) is -0.343. The number of nitrogens with zero attached hydrogens (tertiary/aromatic N) is 1. The zero-order chi connectivity index (χ0) is 8.85. The summed E-state index contributed by atoms with van der Waals surface area (Å²) in [6.07, 6.45) is 0. The number of rotatable bonds is 2. The van der Waals surface area contributed by atoms with Crippen molar-refractivity contribution in [3.63, 3.8) is 0 Å². The summed E-state index contributed by atoms with van der Waals surface area (Å²) in [6, 6.07) is -0.641. The Labute approximate surface area is 69.4 Å². The van der Waals surface area contributed by atoms with Crippen molar-refractivity contribution in [3.8, 4) is 0 Å². The average molecular weight is 180 g/mol. The molecule has 0 aromatic carbocycles. The van der Waals surface area contributed by atoms with E-state index < -0.39 is 11.9 Å². The summed E-state index contributed by atoms with van der Waals surface area (Å²) < 4.78 is 0. The van der Waals surface area contributed by atoms with Gasteiger partial charge in [0, 0.05) is 6.54 Å². The Kier molecular flexibility index (Phi) is 4.56. The molecule has 0 atom stereocenters. The van der Waals surface area contributed by atoms with Gasteiger partial charge in [0.2, 0.25) is 0 Å². The van der Waals surface area contributed by atoms with E-state index in [4.69, 9.17) is 17.4 Å². The van der Waals surface area contributed by atoms with Crippen molar-refractivity contribution in [3.05, 3.63) is 0 Å². The molecule has 0 spiro atoms. The van der Waals surface area contributed by atoms with Gasteiger partial charge >= 0.3 is 6.03 Å². The zero-order valence-electron chi connectivity index (χ0n) is 6.13. The molecule has 0 aromatic rings. The van der Waals surface area contributed by atoms with E-state index in [0.717, 1.165) is 0 Å². The molecule has 0 radical (unpaired) electrons. The summed E-state index contributed by atoms with van der Waals surface area (Å²) >= 11 is 5.14. The van der Waals surface area contributed by atoms with Crippen LogP contribution in [0.25, 0.3) is 0 Å². The molecule has 0 aliphatic heterocycles. The Morgan fingerprint density at radius 2 is 2.18 bits per heavy atom. The topological polar surface area (TPSA) is 75.4 Å². The monoisotopic (exact) mass is 179 g/mol. The molecule has 0 fully saturated rings. The first-order chi connectivity index (χ1) is 5.13. The van der Waals surface area contributed by atoms with Crippen molar-refractivity contribution < 1.29 is 9.59 Å². The molecule has 0 aliphatic rings. The van der Waals surface area contributed by atoms with Crippen molar-refractivity contribution in [1.82, 2.24) is 10.3 Å². The van der Waals surface area contributed by atoms with Crippen molar-refractivity contribution in [1.29, 1.82) is 0 Å². The Hall–Kier alpha value is -0.810. The fourth-order valence-corrected chi connectivity index (χ4v) is 0.543. The van der Waals surface area contributed by atoms with Crippen LogP contribution >= 0.6 is 11.6 Å². The number of nitrogens with one attached hydrogen (secondary N) is 1. The minimum atomic E-state index is -0.641. The molecule has 0 rings (SSSR count). The van der Waals surface area contributed by atoms with Crippen LogP contribution in [0.4, 0.5) is 4.79 Å². The molecule has 11 heavy (non-hydrogen) atoms. The lowest BCUT2D eigenvalue weighted by Crippen LogP contribution is -2.48. The minimum absolute atomic E-state index is 0.298. The summed E-state index contributed by atoms with van der Waals surface area (Å²) in [5.74, 6) is 4.12.